The Morgan fingerprint density at radius 3 is 2.00 bits per heavy atom. The third-order valence-corrected chi connectivity index (χ3v) is 3.95. The summed E-state index contributed by atoms with van der Waals surface area (Å²) in [6, 6.07) is 10.4. The zero-order valence-corrected chi connectivity index (χ0v) is 13.0. The molecule has 0 unspecified atom stereocenters. The number of rotatable bonds is 4. The minimum absolute atomic E-state index is 0.0288. The van der Waals surface area contributed by atoms with Crippen LogP contribution in [0.2, 0.25) is 0 Å². The van der Waals surface area contributed by atoms with E-state index in [-0.39, 0.29) is 5.69 Å². The molecule has 0 amide bonds. The van der Waals surface area contributed by atoms with Crippen molar-refractivity contribution >= 4 is 27.3 Å². The monoisotopic (exact) mass is 339 g/mol. The van der Waals surface area contributed by atoms with Gasteiger partial charge in [-0.15, -0.1) is 0 Å². The first-order valence-electron chi connectivity index (χ1n) is 6.43. The summed E-state index contributed by atoms with van der Waals surface area (Å²) in [6.45, 7) is 2.07. The molecule has 0 N–H and O–H groups in total. The van der Waals surface area contributed by atoms with Crippen molar-refractivity contribution in [2.75, 3.05) is 11.9 Å². The molecule has 1 nitrogen and oxygen atoms in total. The molecule has 0 radical (unpaired) electrons. The molecule has 0 spiro atoms. The van der Waals surface area contributed by atoms with E-state index in [0.717, 1.165) is 12.1 Å². The van der Waals surface area contributed by atoms with Gasteiger partial charge in [0.15, 0.2) is 0 Å². The average Bonchev–Trinajstić information content (AvgIpc) is 2.46. The summed E-state index contributed by atoms with van der Waals surface area (Å²) < 4.78 is 28.2. The molecule has 2 aromatic rings. The summed E-state index contributed by atoms with van der Waals surface area (Å²) in [4.78, 5) is 1.53. The first-order chi connectivity index (χ1) is 9.56. The molecule has 0 bridgehead atoms. The van der Waals surface area contributed by atoms with Gasteiger partial charge in [-0.3, -0.25) is 0 Å². The van der Waals surface area contributed by atoms with Crippen LogP contribution in [0.5, 0.6) is 0 Å². The summed E-state index contributed by atoms with van der Waals surface area (Å²) in [5.41, 5.74) is 2.50. The molecule has 0 aliphatic heterocycles. The van der Waals surface area contributed by atoms with Crippen LogP contribution in [0.25, 0.3) is 0 Å². The number of nitrogens with zero attached hydrogens (tertiary/aromatic N) is 1. The van der Waals surface area contributed by atoms with Crippen LogP contribution in [0.3, 0.4) is 0 Å². The molecule has 0 heterocycles. The number of hydrogen-bond donors (Lipinski definition) is 0. The Balaban J connectivity index is 2.39. The van der Waals surface area contributed by atoms with Gasteiger partial charge in [-0.1, -0.05) is 35.0 Å². The summed E-state index contributed by atoms with van der Waals surface area (Å²) in [5, 5.41) is 0.427. The smallest absolute Gasteiger partial charge is 0.150 e. The fraction of sp³-hybridized carbons (Fsp3) is 0.250. The molecule has 0 saturated carbocycles. The van der Waals surface area contributed by atoms with E-state index < -0.39 is 11.6 Å². The molecule has 0 atom stereocenters. The van der Waals surface area contributed by atoms with E-state index in [1.54, 1.807) is 7.05 Å². The second kappa shape index (κ2) is 6.35. The van der Waals surface area contributed by atoms with Crippen molar-refractivity contribution < 1.29 is 8.78 Å². The lowest BCUT2D eigenvalue weighted by Gasteiger charge is -2.21. The Bertz CT molecular complexity index is 573. The van der Waals surface area contributed by atoms with Crippen molar-refractivity contribution in [2.24, 2.45) is 0 Å². The maximum atomic E-state index is 14.1. The fourth-order valence-electron chi connectivity index (χ4n) is 2.10. The maximum Gasteiger partial charge on any atom is 0.150 e. The van der Waals surface area contributed by atoms with Gasteiger partial charge in [0.25, 0.3) is 0 Å². The molecule has 20 heavy (non-hydrogen) atoms. The van der Waals surface area contributed by atoms with Gasteiger partial charge in [-0.25, -0.2) is 8.78 Å². The summed E-state index contributed by atoms with van der Waals surface area (Å²) in [6.07, 6.45) is 0.937. The molecule has 0 aliphatic rings. The molecule has 0 saturated heterocycles. The largest absolute Gasteiger partial charge is 0.340 e. The van der Waals surface area contributed by atoms with E-state index in [9.17, 15) is 8.78 Å². The maximum absolute atomic E-state index is 14.1. The molecule has 0 aliphatic carbocycles. The van der Waals surface area contributed by atoms with Crippen LogP contribution >= 0.6 is 15.9 Å². The van der Waals surface area contributed by atoms with E-state index in [2.05, 4.69) is 22.9 Å². The zero-order valence-electron chi connectivity index (χ0n) is 11.5. The highest BCUT2D eigenvalue weighted by Gasteiger charge is 2.16. The second-order valence-electron chi connectivity index (χ2n) is 4.62. The second-order valence-corrected chi connectivity index (χ2v) is 5.18. The molecule has 0 aromatic heterocycles. The predicted octanol–water partition coefficient (Wildman–Crippen LogP) is 5.19. The molecule has 0 fully saturated rings. The highest BCUT2D eigenvalue weighted by atomic mass is 79.9. The standard InChI is InChI=1S/C16H16BrF2N/c1-3-11-4-6-13(7-5-11)20(2)16-14(18)8-12(10-17)9-15(16)19/h4-9H,3,10H2,1-2H3. The first kappa shape index (κ1) is 15.0. The Morgan fingerprint density at radius 1 is 1.00 bits per heavy atom. The lowest BCUT2D eigenvalue weighted by molar-refractivity contribution is 0.582. The lowest BCUT2D eigenvalue weighted by Crippen LogP contribution is -2.13. The van der Waals surface area contributed by atoms with Crippen LogP contribution in [0.1, 0.15) is 18.1 Å². The van der Waals surface area contributed by atoms with Crippen LogP contribution in [-0.2, 0) is 11.8 Å². The third-order valence-electron chi connectivity index (χ3n) is 3.30. The lowest BCUT2D eigenvalue weighted by atomic mass is 10.1. The van der Waals surface area contributed by atoms with Gasteiger partial charge >= 0.3 is 0 Å². The normalized spacial score (nSPS) is 10.7. The molecule has 2 aromatic carbocycles. The predicted molar refractivity (Wildman–Crippen MR) is 82.9 cm³/mol. The molecule has 4 heteroatoms. The van der Waals surface area contributed by atoms with Crippen LogP contribution in [-0.4, -0.2) is 7.05 Å². The zero-order chi connectivity index (χ0) is 14.7. The average molecular weight is 340 g/mol. The highest BCUT2D eigenvalue weighted by molar-refractivity contribution is 9.08. The van der Waals surface area contributed by atoms with E-state index >= 15 is 0 Å². The van der Waals surface area contributed by atoms with Gasteiger partial charge in [0, 0.05) is 18.1 Å². The molecular formula is C16H16BrF2N. The van der Waals surface area contributed by atoms with Crippen LogP contribution < -0.4 is 4.90 Å². The molecule has 2 rings (SSSR count). The van der Waals surface area contributed by atoms with Gasteiger partial charge in [0.1, 0.15) is 17.3 Å². The Hall–Kier alpha value is -1.42. The fourth-order valence-corrected chi connectivity index (χ4v) is 2.42. The van der Waals surface area contributed by atoms with Gasteiger partial charge in [-0.2, -0.15) is 0 Å². The summed E-state index contributed by atoms with van der Waals surface area (Å²) in [5.74, 6) is -1.11. The van der Waals surface area contributed by atoms with Crippen molar-refractivity contribution in [3.05, 3.63) is 59.2 Å². The summed E-state index contributed by atoms with van der Waals surface area (Å²) in [7, 11) is 1.66. The Morgan fingerprint density at radius 2 is 1.55 bits per heavy atom. The number of hydrogen-bond acceptors (Lipinski definition) is 1. The minimum atomic E-state index is -0.554. The van der Waals surface area contributed by atoms with E-state index in [4.69, 9.17) is 0 Å². The Kier molecular flexibility index (Phi) is 4.76. The van der Waals surface area contributed by atoms with Crippen molar-refractivity contribution in [1.29, 1.82) is 0 Å². The first-order valence-corrected chi connectivity index (χ1v) is 7.55. The summed E-state index contributed by atoms with van der Waals surface area (Å²) >= 11 is 3.20. The topological polar surface area (TPSA) is 3.24 Å². The van der Waals surface area contributed by atoms with Crippen LogP contribution in [0.15, 0.2) is 36.4 Å². The van der Waals surface area contributed by atoms with Gasteiger partial charge in [0.2, 0.25) is 0 Å². The number of benzene rings is 2. The van der Waals surface area contributed by atoms with E-state index in [1.165, 1.54) is 22.6 Å². The van der Waals surface area contributed by atoms with Crippen LogP contribution in [0, 0.1) is 11.6 Å². The molecular weight excluding hydrogens is 324 g/mol. The van der Waals surface area contributed by atoms with E-state index in [0.29, 0.717) is 10.9 Å². The third kappa shape index (κ3) is 3.01. The Labute approximate surface area is 126 Å². The van der Waals surface area contributed by atoms with Crippen molar-refractivity contribution in [3.8, 4) is 0 Å². The van der Waals surface area contributed by atoms with Gasteiger partial charge in [0.05, 0.1) is 0 Å². The van der Waals surface area contributed by atoms with Gasteiger partial charge < -0.3 is 4.90 Å². The number of alkyl halides is 1. The van der Waals surface area contributed by atoms with Crippen LogP contribution in [0.4, 0.5) is 20.2 Å². The number of halogens is 3. The van der Waals surface area contributed by atoms with Crippen molar-refractivity contribution in [3.63, 3.8) is 0 Å². The highest BCUT2D eigenvalue weighted by Crippen LogP contribution is 2.30. The quantitative estimate of drug-likeness (QED) is 0.693. The number of anilines is 2. The van der Waals surface area contributed by atoms with Crippen molar-refractivity contribution in [1.82, 2.24) is 0 Å². The molecule has 106 valence electrons. The van der Waals surface area contributed by atoms with Crippen molar-refractivity contribution in [2.45, 2.75) is 18.7 Å². The number of aryl methyl sites for hydroxylation is 1. The van der Waals surface area contributed by atoms with E-state index in [1.807, 2.05) is 24.3 Å². The van der Waals surface area contributed by atoms with Gasteiger partial charge in [-0.05, 0) is 41.8 Å². The SMILES string of the molecule is CCc1ccc(N(C)c2c(F)cc(CBr)cc2F)cc1. The minimum Gasteiger partial charge on any atom is -0.340 e.